The van der Waals surface area contributed by atoms with E-state index in [0.29, 0.717) is 6.42 Å². The van der Waals surface area contributed by atoms with E-state index >= 15 is 0 Å². The van der Waals surface area contributed by atoms with Gasteiger partial charge < -0.3 is 4.90 Å². The van der Waals surface area contributed by atoms with Crippen LogP contribution in [0.2, 0.25) is 0 Å². The van der Waals surface area contributed by atoms with Crippen LogP contribution in [0.5, 0.6) is 0 Å². The summed E-state index contributed by atoms with van der Waals surface area (Å²) in [7, 11) is 3.91. The zero-order valence-electron chi connectivity index (χ0n) is 12.1. The van der Waals surface area contributed by atoms with Crippen LogP contribution in [-0.4, -0.2) is 37.1 Å². The third kappa shape index (κ3) is 7.96. The van der Waals surface area contributed by atoms with Crippen LogP contribution >= 0.6 is 0 Å². The minimum Gasteiger partial charge on any atom is -0.306 e. The third-order valence-electron chi connectivity index (χ3n) is 2.58. The van der Waals surface area contributed by atoms with Crippen molar-refractivity contribution in [3.8, 4) is 0 Å². The Hall–Kier alpha value is -1.22. The van der Waals surface area contributed by atoms with Crippen LogP contribution in [0.4, 0.5) is 0 Å². The van der Waals surface area contributed by atoms with Gasteiger partial charge in [0.2, 0.25) is 0 Å². The second kappa shape index (κ2) is 8.81. The molecule has 1 atom stereocenters. The van der Waals surface area contributed by atoms with Crippen molar-refractivity contribution < 1.29 is 9.59 Å². The Morgan fingerprint density at radius 1 is 1.00 bits per heavy atom. The maximum atomic E-state index is 11.7. The normalized spacial score (nSPS) is 13.9. The fourth-order valence-corrected chi connectivity index (χ4v) is 1.24. The standard InChI is InChI=1S/C15H25NO2/c1-12(2)14(17)9-6-8-13(3)15(18)10-7-11-16(4)5/h6-7,9-10,12-13H,8,11H2,1-5H3/b9-6+,10-7+. The zero-order valence-corrected chi connectivity index (χ0v) is 12.1. The Labute approximate surface area is 111 Å². The van der Waals surface area contributed by atoms with Crippen molar-refractivity contribution in [1.82, 2.24) is 4.90 Å². The van der Waals surface area contributed by atoms with Crippen LogP contribution in [-0.2, 0) is 9.59 Å². The molecule has 3 nitrogen and oxygen atoms in total. The van der Waals surface area contributed by atoms with Crippen LogP contribution in [0.3, 0.4) is 0 Å². The van der Waals surface area contributed by atoms with Crippen LogP contribution in [0.15, 0.2) is 24.3 Å². The molecule has 0 aromatic heterocycles. The SMILES string of the molecule is CC(C)C(=O)/C=C/CC(C)C(=O)/C=C/CN(C)C. The minimum absolute atomic E-state index is 0.0206. The fraction of sp³-hybridized carbons (Fsp3) is 0.600. The molecule has 1 unspecified atom stereocenters. The molecule has 0 fully saturated rings. The third-order valence-corrected chi connectivity index (χ3v) is 2.58. The summed E-state index contributed by atoms with van der Waals surface area (Å²) in [6, 6.07) is 0. The lowest BCUT2D eigenvalue weighted by atomic mass is 10.0. The molecule has 0 spiro atoms. The van der Waals surface area contributed by atoms with Gasteiger partial charge in [-0.1, -0.05) is 32.9 Å². The highest BCUT2D eigenvalue weighted by molar-refractivity contribution is 5.92. The summed E-state index contributed by atoms with van der Waals surface area (Å²) in [6.07, 6.45) is 7.48. The maximum Gasteiger partial charge on any atom is 0.158 e. The number of hydrogen-bond donors (Lipinski definition) is 0. The van der Waals surface area contributed by atoms with Crippen molar-refractivity contribution in [2.45, 2.75) is 27.2 Å². The van der Waals surface area contributed by atoms with Crippen molar-refractivity contribution >= 4 is 11.6 Å². The van der Waals surface area contributed by atoms with Gasteiger partial charge in [0.25, 0.3) is 0 Å². The molecule has 0 aromatic rings. The largest absolute Gasteiger partial charge is 0.306 e. The lowest BCUT2D eigenvalue weighted by molar-refractivity contribution is -0.118. The average molecular weight is 251 g/mol. The Balaban J connectivity index is 4.09. The van der Waals surface area contributed by atoms with Crippen molar-refractivity contribution in [1.29, 1.82) is 0 Å². The molecule has 0 saturated carbocycles. The van der Waals surface area contributed by atoms with Crippen molar-refractivity contribution in [3.63, 3.8) is 0 Å². The molecule has 102 valence electrons. The second-order valence-corrected chi connectivity index (χ2v) is 5.16. The topological polar surface area (TPSA) is 37.4 Å². The summed E-state index contributed by atoms with van der Waals surface area (Å²) in [5, 5.41) is 0. The highest BCUT2D eigenvalue weighted by atomic mass is 16.1. The van der Waals surface area contributed by atoms with E-state index in [9.17, 15) is 9.59 Å². The lowest BCUT2D eigenvalue weighted by Crippen LogP contribution is -2.12. The summed E-state index contributed by atoms with van der Waals surface area (Å²) < 4.78 is 0. The average Bonchev–Trinajstić information content (AvgIpc) is 2.27. The van der Waals surface area contributed by atoms with E-state index in [1.165, 1.54) is 0 Å². The van der Waals surface area contributed by atoms with Crippen LogP contribution in [0.25, 0.3) is 0 Å². The minimum atomic E-state index is -0.0698. The van der Waals surface area contributed by atoms with E-state index in [4.69, 9.17) is 0 Å². The molecule has 18 heavy (non-hydrogen) atoms. The van der Waals surface area contributed by atoms with Crippen LogP contribution < -0.4 is 0 Å². The van der Waals surface area contributed by atoms with E-state index < -0.39 is 0 Å². The predicted octanol–water partition coefficient (Wildman–Crippen LogP) is 2.48. The molecule has 0 bridgehead atoms. The predicted molar refractivity (Wildman–Crippen MR) is 75.5 cm³/mol. The van der Waals surface area contributed by atoms with Gasteiger partial charge in [-0.15, -0.1) is 0 Å². The van der Waals surface area contributed by atoms with Crippen molar-refractivity contribution in [2.75, 3.05) is 20.6 Å². The Morgan fingerprint density at radius 3 is 2.06 bits per heavy atom. The van der Waals surface area contributed by atoms with Gasteiger partial charge in [-0.3, -0.25) is 9.59 Å². The first kappa shape index (κ1) is 16.8. The first-order valence-electron chi connectivity index (χ1n) is 6.40. The van der Waals surface area contributed by atoms with Crippen LogP contribution in [0, 0.1) is 11.8 Å². The summed E-state index contributed by atoms with van der Waals surface area (Å²) in [5.74, 6) is 0.170. The van der Waals surface area contributed by atoms with E-state index in [0.717, 1.165) is 6.54 Å². The zero-order chi connectivity index (χ0) is 14.1. The van der Waals surface area contributed by atoms with E-state index in [1.54, 1.807) is 18.2 Å². The van der Waals surface area contributed by atoms with Gasteiger partial charge in [-0.2, -0.15) is 0 Å². The molecule has 0 saturated heterocycles. The monoisotopic (exact) mass is 251 g/mol. The maximum absolute atomic E-state index is 11.7. The molecular formula is C15H25NO2. The highest BCUT2D eigenvalue weighted by Gasteiger charge is 2.08. The second-order valence-electron chi connectivity index (χ2n) is 5.16. The molecule has 0 heterocycles. The number of carbonyl (C=O) groups is 2. The molecule has 3 heteroatoms. The van der Waals surface area contributed by atoms with Gasteiger partial charge in [0.05, 0.1) is 0 Å². The first-order chi connectivity index (χ1) is 8.34. The number of hydrogen-bond acceptors (Lipinski definition) is 3. The molecule has 0 amide bonds. The van der Waals surface area contributed by atoms with E-state index in [2.05, 4.69) is 0 Å². The highest BCUT2D eigenvalue weighted by Crippen LogP contribution is 2.06. The summed E-state index contributed by atoms with van der Waals surface area (Å²) >= 11 is 0. The van der Waals surface area contributed by atoms with Gasteiger partial charge in [-0.25, -0.2) is 0 Å². The smallest absolute Gasteiger partial charge is 0.158 e. The molecule has 0 aromatic carbocycles. The summed E-state index contributed by atoms with van der Waals surface area (Å²) in [6.45, 7) is 6.38. The molecule has 0 rings (SSSR count). The van der Waals surface area contributed by atoms with Crippen LogP contribution in [0.1, 0.15) is 27.2 Å². The Morgan fingerprint density at radius 2 is 1.56 bits per heavy atom. The number of rotatable bonds is 8. The summed E-state index contributed by atoms with van der Waals surface area (Å²) in [5.41, 5.74) is 0. The number of ketones is 2. The molecule has 0 aliphatic heterocycles. The van der Waals surface area contributed by atoms with E-state index in [1.807, 2.05) is 45.8 Å². The summed E-state index contributed by atoms with van der Waals surface area (Å²) in [4.78, 5) is 25.1. The van der Waals surface area contributed by atoms with Crippen molar-refractivity contribution in [2.24, 2.45) is 11.8 Å². The number of carbonyl (C=O) groups excluding carboxylic acids is 2. The quantitative estimate of drug-likeness (QED) is 0.622. The Bertz CT molecular complexity index is 327. The molecule has 0 aliphatic rings. The number of allylic oxidation sites excluding steroid dienone is 3. The molecule has 0 aliphatic carbocycles. The Kier molecular flexibility index (Phi) is 8.21. The molecule has 0 N–H and O–H groups in total. The van der Waals surface area contributed by atoms with E-state index in [-0.39, 0.29) is 23.4 Å². The molecular weight excluding hydrogens is 226 g/mol. The van der Waals surface area contributed by atoms with Gasteiger partial charge in [0.1, 0.15) is 0 Å². The lowest BCUT2D eigenvalue weighted by Gasteiger charge is -2.06. The number of likely N-dealkylation sites (N-methyl/N-ethyl adjacent to an activating group) is 1. The van der Waals surface area contributed by atoms with Gasteiger partial charge in [0.15, 0.2) is 11.6 Å². The molecule has 0 radical (unpaired) electrons. The van der Waals surface area contributed by atoms with Crippen molar-refractivity contribution in [3.05, 3.63) is 24.3 Å². The number of nitrogens with zero attached hydrogens (tertiary/aromatic N) is 1. The van der Waals surface area contributed by atoms with Gasteiger partial charge in [0, 0.05) is 18.4 Å². The first-order valence-corrected chi connectivity index (χ1v) is 6.40. The van der Waals surface area contributed by atoms with Gasteiger partial charge in [-0.05, 0) is 32.7 Å². The fourth-order valence-electron chi connectivity index (χ4n) is 1.24. The van der Waals surface area contributed by atoms with Gasteiger partial charge >= 0.3 is 0 Å².